The van der Waals surface area contributed by atoms with E-state index in [0.717, 1.165) is 5.56 Å². The fourth-order valence-corrected chi connectivity index (χ4v) is 1.87. The van der Waals surface area contributed by atoms with Crippen molar-refractivity contribution in [3.63, 3.8) is 0 Å². The van der Waals surface area contributed by atoms with Crippen molar-refractivity contribution in [2.45, 2.75) is 13.3 Å². The highest BCUT2D eigenvalue weighted by atomic mass is 16.4. The molecule has 6 nitrogen and oxygen atoms in total. The number of hydrogen-bond acceptors (Lipinski definition) is 3. The van der Waals surface area contributed by atoms with Crippen molar-refractivity contribution in [2.75, 3.05) is 5.32 Å². The number of amides is 1. The average molecular weight is 263 g/mol. The maximum absolute atomic E-state index is 11.8. The lowest BCUT2D eigenvalue weighted by Crippen LogP contribution is -2.17. The molecule has 6 heteroatoms. The fraction of sp³-hybridized carbons (Fsp3) is 0.308. The van der Waals surface area contributed by atoms with Crippen LogP contribution in [0.4, 0.5) is 5.69 Å². The Hall–Kier alpha value is -2.37. The van der Waals surface area contributed by atoms with Gasteiger partial charge < -0.3 is 15.5 Å². The summed E-state index contributed by atoms with van der Waals surface area (Å²) >= 11 is 0. The van der Waals surface area contributed by atoms with Crippen LogP contribution in [0.3, 0.4) is 0 Å². The van der Waals surface area contributed by atoms with Crippen LogP contribution in [0.25, 0.3) is 0 Å². The third-order valence-corrected chi connectivity index (χ3v) is 3.19. The summed E-state index contributed by atoms with van der Waals surface area (Å²) in [5.74, 6) is -3.58. The van der Waals surface area contributed by atoms with Gasteiger partial charge in [-0.05, 0) is 31.0 Å². The lowest BCUT2D eigenvalue weighted by Gasteiger charge is -2.09. The molecule has 100 valence electrons. The largest absolute Gasteiger partial charge is 0.481 e. The quantitative estimate of drug-likeness (QED) is 0.760. The summed E-state index contributed by atoms with van der Waals surface area (Å²) in [6, 6.07) is 4.42. The Bertz CT molecular complexity index is 566. The maximum atomic E-state index is 11.8. The smallest absolute Gasteiger partial charge is 0.335 e. The van der Waals surface area contributed by atoms with Crippen molar-refractivity contribution >= 4 is 23.5 Å². The molecule has 1 aliphatic carbocycles. The Balaban J connectivity index is 2.11. The second-order valence-corrected chi connectivity index (χ2v) is 4.61. The van der Waals surface area contributed by atoms with Crippen LogP contribution in [0.1, 0.15) is 22.3 Å². The highest BCUT2D eigenvalue weighted by molar-refractivity contribution is 5.99. The fourth-order valence-electron chi connectivity index (χ4n) is 1.87. The highest BCUT2D eigenvalue weighted by Crippen LogP contribution is 2.39. The second kappa shape index (κ2) is 4.72. The zero-order valence-corrected chi connectivity index (χ0v) is 10.2. The highest BCUT2D eigenvalue weighted by Gasteiger charge is 2.48. The number of aromatic carboxylic acids is 1. The number of nitrogens with one attached hydrogen (secondary N) is 1. The molecule has 3 N–H and O–H groups in total. The first-order valence-electron chi connectivity index (χ1n) is 5.77. The molecule has 0 heterocycles. The molecule has 0 bridgehead atoms. The van der Waals surface area contributed by atoms with E-state index in [1.807, 2.05) is 0 Å². The van der Waals surface area contributed by atoms with Gasteiger partial charge in [-0.2, -0.15) is 0 Å². The van der Waals surface area contributed by atoms with Gasteiger partial charge >= 0.3 is 11.9 Å². The molecule has 0 aliphatic heterocycles. The SMILES string of the molecule is Cc1ccc(C(=O)O)cc1NC(=O)C1CC1C(=O)O. The molecule has 0 spiro atoms. The van der Waals surface area contributed by atoms with Crippen molar-refractivity contribution in [3.8, 4) is 0 Å². The van der Waals surface area contributed by atoms with E-state index in [1.165, 1.54) is 12.1 Å². The van der Waals surface area contributed by atoms with Crippen LogP contribution >= 0.6 is 0 Å². The van der Waals surface area contributed by atoms with E-state index >= 15 is 0 Å². The lowest BCUT2D eigenvalue weighted by atomic mass is 10.1. The molecule has 0 radical (unpaired) electrons. The molecular formula is C13H13NO5. The lowest BCUT2D eigenvalue weighted by molar-refractivity contribution is -0.139. The third kappa shape index (κ3) is 2.73. The Morgan fingerprint density at radius 2 is 1.89 bits per heavy atom. The Kier molecular flexibility index (Phi) is 3.25. The van der Waals surface area contributed by atoms with Crippen molar-refractivity contribution < 1.29 is 24.6 Å². The zero-order chi connectivity index (χ0) is 14.2. The Labute approximate surface area is 109 Å². The average Bonchev–Trinajstić information content (AvgIpc) is 3.11. The molecule has 2 atom stereocenters. The van der Waals surface area contributed by atoms with E-state index < -0.39 is 23.8 Å². The number of hydrogen-bond donors (Lipinski definition) is 3. The summed E-state index contributed by atoms with van der Waals surface area (Å²) in [6.07, 6.45) is 0.332. The topological polar surface area (TPSA) is 104 Å². The van der Waals surface area contributed by atoms with Crippen LogP contribution in [-0.4, -0.2) is 28.1 Å². The van der Waals surface area contributed by atoms with E-state index in [4.69, 9.17) is 10.2 Å². The number of aliphatic carboxylic acids is 1. The molecule has 1 fully saturated rings. The number of aryl methyl sites for hydroxylation is 1. The minimum absolute atomic E-state index is 0.0754. The minimum atomic E-state index is -1.08. The first kappa shape index (κ1) is 13.1. The third-order valence-electron chi connectivity index (χ3n) is 3.19. The van der Waals surface area contributed by atoms with Gasteiger partial charge in [-0.15, -0.1) is 0 Å². The molecule has 1 aliphatic rings. The number of carboxylic acid groups (broad SMARTS) is 2. The van der Waals surface area contributed by atoms with Crippen LogP contribution in [0.2, 0.25) is 0 Å². The summed E-state index contributed by atoms with van der Waals surface area (Å²) in [5.41, 5.74) is 1.21. The van der Waals surface area contributed by atoms with Crippen molar-refractivity contribution in [1.82, 2.24) is 0 Å². The van der Waals surface area contributed by atoms with E-state index in [1.54, 1.807) is 13.0 Å². The molecule has 1 saturated carbocycles. The number of carbonyl (C=O) groups excluding carboxylic acids is 1. The van der Waals surface area contributed by atoms with Gasteiger partial charge in [-0.25, -0.2) is 4.79 Å². The number of rotatable bonds is 4. The normalized spacial score (nSPS) is 20.7. The van der Waals surface area contributed by atoms with Gasteiger partial charge in [-0.1, -0.05) is 6.07 Å². The first-order chi connectivity index (χ1) is 8.90. The number of benzene rings is 1. The standard InChI is InChI=1S/C13H13NO5/c1-6-2-3-7(12(16)17)4-10(6)14-11(15)8-5-9(8)13(18)19/h2-4,8-9H,5H2,1H3,(H,14,15)(H,16,17)(H,18,19). The summed E-state index contributed by atoms with van der Waals surface area (Å²) < 4.78 is 0. The van der Waals surface area contributed by atoms with Crippen molar-refractivity contribution in [1.29, 1.82) is 0 Å². The van der Waals surface area contributed by atoms with Gasteiger partial charge in [-0.3, -0.25) is 9.59 Å². The number of carbonyl (C=O) groups is 3. The van der Waals surface area contributed by atoms with Gasteiger partial charge in [0, 0.05) is 5.69 Å². The summed E-state index contributed by atoms with van der Waals surface area (Å²) in [5, 5.41) is 20.2. The van der Waals surface area contributed by atoms with Gasteiger partial charge in [0.05, 0.1) is 17.4 Å². The number of anilines is 1. The molecule has 0 aromatic heterocycles. The van der Waals surface area contributed by atoms with Gasteiger partial charge in [0.15, 0.2) is 0 Å². The molecular weight excluding hydrogens is 250 g/mol. The van der Waals surface area contributed by atoms with Gasteiger partial charge in [0.2, 0.25) is 5.91 Å². The summed E-state index contributed by atoms with van der Waals surface area (Å²) in [6.45, 7) is 1.74. The molecule has 2 rings (SSSR count). The van der Waals surface area contributed by atoms with Crippen molar-refractivity contribution in [2.24, 2.45) is 11.8 Å². The second-order valence-electron chi connectivity index (χ2n) is 4.61. The Morgan fingerprint density at radius 3 is 2.42 bits per heavy atom. The van der Waals surface area contributed by atoms with Gasteiger partial charge in [0.25, 0.3) is 0 Å². The molecule has 1 amide bonds. The van der Waals surface area contributed by atoms with Gasteiger partial charge in [0.1, 0.15) is 0 Å². The number of carboxylic acids is 2. The van der Waals surface area contributed by atoms with Crippen LogP contribution in [-0.2, 0) is 9.59 Å². The van der Waals surface area contributed by atoms with Crippen molar-refractivity contribution in [3.05, 3.63) is 29.3 Å². The van der Waals surface area contributed by atoms with E-state index in [2.05, 4.69) is 5.32 Å². The molecule has 1 aromatic carbocycles. The summed E-state index contributed by atoms with van der Waals surface area (Å²) in [4.78, 5) is 33.3. The van der Waals surface area contributed by atoms with E-state index in [9.17, 15) is 14.4 Å². The predicted molar refractivity (Wildman–Crippen MR) is 66.0 cm³/mol. The van der Waals surface area contributed by atoms with E-state index in [0.29, 0.717) is 12.1 Å². The van der Waals surface area contributed by atoms with Crippen LogP contribution < -0.4 is 5.32 Å². The van der Waals surface area contributed by atoms with Crippen LogP contribution in [0, 0.1) is 18.8 Å². The molecule has 1 aromatic rings. The zero-order valence-electron chi connectivity index (χ0n) is 10.2. The molecule has 0 saturated heterocycles. The van der Waals surface area contributed by atoms with E-state index in [-0.39, 0.29) is 11.5 Å². The molecule has 19 heavy (non-hydrogen) atoms. The van der Waals surface area contributed by atoms with Crippen LogP contribution in [0.5, 0.6) is 0 Å². The van der Waals surface area contributed by atoms with Crippen LogP contribution in [0.15, 0.2) is 18.2 Å². The predicted octanol–water partition coefficient (Wildman–Crippen LogP) is 1.35. The first-order valence-corrected chi connectivity index (χ1v) is 5.77. The Morgan fingerprint density at radius 1 is 1.21 bits per heavy atom. The summed E-state index contributed by atoms with van der Waals surface area (Å²) in [7, 11) is 0. The molecule has 2 unspecified atom stereocenters. The minimum Gasteiger partial charge on any atom is -0.481 e. The monoisotopic (exact) mass is 263 g/mol. The maximum Gasteiger partial charge on any atom is 0.335 e.